The Hall–Kier alpha value is -13.3. The summed E-state index contributed by atoms with van der Waals surface area (Å²) in [4.78, 5) is 32.4. The predicted molar refractivity (Wildman–Crippen MR) is 404 cm³/mol. The van der Waals surface area contributed by atoms with Gasteiger partial charge in [-0.2, -0.15) is 19.9 Å². The van der Waals surface area contributed by atoms with Crippen LogP contribution in [0.3, 0.4) is 0 Å². The molecule has 0 radical (unpaired) electrons. The molecule has 4 heterocycles. The molecule has 4 aromatic heterocycles. The molecule has 20 rings (SSSR count). The first kappa shape index (κ1) is 57.0. The summed E-state index contributed by atoms with van der Waals surface area (Å²) in [5, 5.41) is 4.46. The molecule has 8 nitrogen and oxygen atoms in total. The summed E-state index contributed by atoms with van der Waals surface area (Å²) in [5.74, 6) is 3.43. The summed E-state index contributed by atoms with van der Waals surface area (Å²) < 4.78 is 4.56. The number of benzene rings is 14. The van der Waals surface area contributed by atoms with Crippen LogP contribution in [0.2, 0.25) is 0 Å². The van der Waals surface area contributed by atoms with Gasteiger partial charge in [-0.05, 0) is 96.6 Å². The molecular weight excluding hydrogens is 1220 g/mol. The third-order valence-corrected chi connectivity index (χ3v) is 20.8. The molecule has 0 bridgehead atoms. The van der Waals surface area contributed by atoms with E-state index >= 15 is 0 Å². The minimum Gasteiger partial charge on any atom is -0.278 e. The SMILES string of the molecule is c1ccc(-c2nc(-c3ccccc3)nc(-n3c4ccccc4c4c5c(ccc43)C(c3ccccc3)(c3ccccc3)c3ccc(-c4ccc(-c6nc(-c7ccccc7)nc(-n7c8ccccc8c8ccc9c(c87)C(c7ccccc7)(c7ccccc7)c7ccccc7-9)n6)cc4)cc3-5)n2)cc1. The van der Waals surface area contributed by atoms with Crippen LogP contribution < -0.4 is 0 Å². The van der Waals surface area contributed by atoms with Crippen LogP contribution in [0, 0.1) is 0 Å². The Bertz CT molecular complexity index is 6100. The molecule has 466 valence electrons. The maximum atomic E-state index is 5.63. The number of hydrogen-bond acceptors (Lipinski definition) is 6. The molecule has 0 spiro atoms. The van der Waals surface area contributed by atoms with Crippen LogP contribution in [0.5, 0.6) is 0 Å². The number of nitrogens with zero attached hydrogens (tertiary/aromatic N) is 8. The Morgan fingerprint density at radius 2 is 0.630 bits per heavy atom. The normalized spacial score (nSPS) is 13.2. The largest absolute Gasteiger partial charge is 0.278 e. The van der Waals surface area contributed by atoms with Gasteiger partial charge in [-0.1, -0.05) is 328 Å². The number of hydrogen-bond donors (Lipinski definition) is 0. The zero-order valence-electron chi connectivity index (χ0n) is 54.1. The number of aromatic nitrogens is 8. The van der Waals surface area contributed by atoms with Gasteiger partial charge in [0.1, 0.15) is 0 Å². The molecule has 2 aliphatic rings. The lowest BCUT2D eigenvalue weighted by molar-refractivity contribution is 0.769. The first-order valence-electron chi connectivity index (χ1n) is 34.0. The summed E-state index contributed by atoms with van der Waals surface area (Å²) in [6.45, 7) is 0. The monoisotopic (exact) mass is 1270 g/mol. The van der Waals surface area contributed by atoms with E-state index in [1.165, 1.54) is 61.2 Å². The van der Waals surface area contributed by atoms with Crippen molar-refractivity contribution >= 4 is 43.6 Å². The second-order valence-corrected chi connectivity index (χ2v) is 26.0. The minimum absolute atomic E-state index is 0.535. The summed E-state index contributed by atoms with van der Waals surface area (Å²) in [5.41, 5.74) is 22.7. The first-order valence-corrected chi connectivity index (χ1v) is 34.0. The van der Waals surface area contributed by atoms with E-state index in [2.05, 4.69) is 306 Å². The molecule has 0 fully saturated rings. The Morgan fingerprint density at radius 3 is 1.17 bits per heavy atom. The van der Waals surface area contributed by atoms with E-state index in [1.54, 1.807) is 0 Å². The lowest BCUT2D eigenvalue weighted by atomic mass is 9.67. The fourth-order valence-electron chi connectivity index (χ4n) is 16.6. The third kappa shape index (κ3) is 8.47. The Labute approximate surface area is 577 Å². The lowest BCUT2D eigenvalue weighted by Crippen LogP contribution is -2.29. The first-order chi connectivity index (χ1) is 49.6. The highest BCUT2D eigenvalue weighted by Gasteiger charge is 2.50. The fraction of sp³-hybridized carbons (Fsp3) is 0.0217. The van der Waals surface area contributed by atoms with Gasteiger partial charge in [-0.15, -0.1) is 0 Å². The number of para-hydroxylation sites is 2. The molecule has 0 N–H and O–H groups in total. The van der Waals surface area contributed by atoms with E-state index in [9.17, 15) is 0 Å². The van der Waals surface area contributed by atoms with Crippen molar-refractivity contribution in [1.29, 1.82) is 0 Å². The molecule has 100 heavy (non-hydrogen) atoms. The van der Waals surface area contributed by atoms with Crippen LogP contribution in [0.4, 0.5) is 0 Å². The average molecular weight is 1280 g/mol. The second-order valence-electron chi connectivity index (χ2n) is 26.0. The zero-order valence-corrected chi connectivity index (χ0v) is 54.1. The van der Waals surface area contributed by atoms with E-state index < -0.39 is 10.8 Å². The van der Waals surface area contributed by atoms with Gasteiger partial charge in [0.05, 0.1) is 32.9 Å². The second kappa shape index (κ2) is 22.7. The van der Waals surface area contributed by atoms with Crippen LogP contribution in [0.15, 0.2) is 352 Å². The quantitative estimate of drug-likeness (QED) is 0.128. The minimum atomic E-state index is -0.696. The molecule has 2 aliphatic carbocycles. The van der Waals surface area contributed by atoms with Crippen molar-refractivity contribution in [3.8, 4) is 90.8 Å². The molecule has 0 aliphatic heterocycles. The summed E-state index contributed by atoms with van der Waals surface area (Å²) in [6.07, 6.45) is 0. The van der Waals surface area contributed by atoms with Crippen LogP contribution in [-0.4, -0.2) is 39.0 Å². The van der Waals surface area contributed by atoms with Crippen LogP contribution in [0.25, 0.3) is 134 Å². The Kier molecular flexibility index (Phi) is 12.9. The van der Waals surface area contributed by atoms with Gasteiger partial charge in [-0.25, -0.2) is 9.97 Å². The van der Waals surface area contributed by atoms with Crippen molar-refractivity contribution in [1.82, 2.24) is 39.0 Å². The van der Waals surface area contributed by atoms with Gasteiger partial charge in [0.2, 0.25) is 11.9 Å². The summed E-state index contributed by atoms with van der Waals surface area (Å²) in [7, 11) is 0. The van der Waals surface area contributed by atoms with Gasteiger partial charge in [0.25, 0.3) is 0 Å². The van der Waals surface area contributed by atoms with Crippen molar-refractivity contribution in [3.63, 3.8) is 0 Å². The molecule has 0 atom stereocenters. The van der Waals surface area contributed by atoms with Crippen LogP contribution in [-0.2, 0) is 10.8 Å². The molecule has 0 amide bonds. The molecule has 8 heteroatoms. The van der Waals surface area contributed by atoms with Crippen molar-refractivity contribution in [2.75, 3.05) is 0 Å². The van der Waals surface area contributed by atoms with Crippen molar-refractivity contribution < 1.29 is 0 Å². The van der Waals surface area contributed by atoms with Gasteiger partial charge >= 0.3 is 0 Å². The maximum Gasteiger partial charge on any atom is 0.238 e. The molecule has 0 saturated heterocycles. The molecule has 0 saturated carbocycles. The summed E-state index contributed by atoms with van der Waals surface area (Å²) >= 11 is 0. The van der Waals surface area contributed by atoms with Crippen LogP contribution in [0.1, 0.15) is 44.5 Å². The highest BCUT2D eigenvalue weighted by atomic mass is 15.2. The van der Waals surface area contributed by atoms with Crippen molar-refractivity contribution in [2.45, 2.75) is 10.8 Å². The molecular formula is C92H58N8. The van der Waals surface area contributed by atoms with Gasteiger partial charge < -0.3 is 0 Å². The number of fused-ring (bicyclic) bond motifs is 14. The van der Waals surface area contributed by atoms with Crippen LogP contribution >= 0.6 is 0 Å². The van der Waals surface area contributed by atoms with E-state index in [4.69, 9.17) is 29.9 Å². The summed E-state index contributed by atoms with van der Waals surface area (Å²) in [6, 6.07) is 126. The Morgan fingerprint density at radius 1 is 0.230 bits per heavy atom. The van der Waals surface area contributed by atoms with E-state index in [1.807, 2.05) is 54.6 Å². The topological polar surface area (TPSA) is 87.2 Å². The predicted octanol–water partition coefficient (Wildman–Crippen LogP) is 21.3. The average Bonchev–Trinajstić information content (AvgIpc) is 1.52. The lowest BCUT2D eigenvalue weighted by Gasteiger charge is -2.34. The van der Waals surface area contributed by atoms with E-state index in [-0.39, 0.29) is 0 Å². The molecule has 18 aromatic rings. The Balaban J connectivity index is 0.787. The van der Waals surface area contributed by atoms with Crippen molar-refractivity contribution in [3.05, 3.63) is 396 Å². The smallest absolute Gasteiger partial charge is 0.238 e. The standard InChI is InChI=1S/C92H58N8/c1-8-28-60(29-9-1)85-93-86(61-30-10-2-11-31-61)96-89(95-85)99-79-47-27-24-44-73(79)82-80(99)57-56-77-81(82)74-58-64(52-55-76(74)91(77,65-34-14-4-15-35-65)66-36-16-5-17-37-66)59-48-50-63(51-49-59)88-94-87(62-32-12-3-13-33-62)97-90(98-88)100-78-46-26-23-43-70(78)72-54-53-71-69-42-22-25-45-75(69)92(83(71)84(72)100,67-38-18-6-19-39-67)68-40-20-7-21-41-68/h1-58H. The molecule has 14 aromatic carbocycles. The molecule has 0 unspecified atom stereocenters. The third-order valence-electron chi connectivity index (χ3n) is 20.8. The zero-order chi connectivity index (χ0) is 65.9. The van der Waals surface area contributed by atoms with E-state index in [0.29, 0.717) is 35.2 Å². The van der Waals surface area contributed by atoms with E-state index in [0.717, 1.165) is 82.6 Å². The van der Waals surface area contributed by atoms with Gasteiger partial charge in [0, 0.05) is 49.4 Å². The highest BCUT2D eigenvalue weighted by molar-refractivity contribution is 6.19. The van der Waals surface area contributed by atoms with Gasteiger partial charge in [0.15, 0.2) is 23.3 Å². The highest BCUT2D eigenvalue weighted by Crippen LogP contribution is 2.61. The maximum absolute atomic E-state index is 5.63. The number of rotatable bonds is 11. The van der Waals surface area contributed by atoms with Crippen molar-refractivity contribution in [2.24, 2.45) is 0 Å². The fourth-order valence-corrected chi connectivity index (χ4v) is 16.6. The van der Waals surface area contributed by atoms with Gasteiger partial charge in [-0.3, -0.25) is 9.13 Å².